The van der Waals surface area contributed by atoms with Crippen LogP contribution >= 0.6 is 0 Å². The smallest absolute Gasteiger partial charge is 0.117 e. The van der Waals surface area contributed by atoms with Crippen LogP contribution in [0.15, 0.2) is 28.9 Å². The van der Waals surface area contributed by atoms with Crippen molar-refractivity contribution in [2.45, 2.75) is 19.9 Å². The predicted octanol–water partition coefficient (Wildman–Crippen LogP) is 1.65. The number of nitrogens with one attached hydrogen (secondary N) is 1. The van der Waals surface area contributed by atoms with Gasteiger partial charge in [-0.1, -0.05) is 0 Å². The third-order valence-corrected chi connectivity index (χ3v) is 2.54. The molecule has 0 saturated heterocycles. The van der Waals surface area contributed by atoms with Crippen LogP contribution in [0.1, 0.15) is 17.3 Å². The second-order valence-electron chi connectivity index (χ2n) is 3.89. The molecule has 2 aromatic rings. The van der Waals surface area contributed by atoms with Gasteiger partial charge in [0.25, 0.3) is 0 Å². The minimum Gasteiger partial charge on any atom is -0.465 e. The minimum atomic E-state index is 0.776. The maximum atomic E-state index is 5.46. The van der Waals surface area contributed by atoms with E-state index in [0.29, 0.717) is 0 Å². The first kappa shape index (κ1) is 11.0. The molecule has 1 N–H and O–H groups in total. The van der Waals surface area contributed by atoms with Crippen LogP contribution in [-0.2, 0) is 20.0 Å². The Kier molecular flexibility index (Phi) is 3.41. The lowest BCUT2D eigenvalue weighted by Gasteiger charge is -2.03. The van der Waals surface area contributed by atoms with Gasteiger partial charge in [0, 0.05) is 32.4 Å². The summed E-state index contributed by atoms with van der Waals surface area (Å²) in [6.07, 6.45) is 4.72. The Bertz CT molecular complexity index is 445. The van der Waals surface area contributed by atoms with E-state index in [9.17, 15) is 0 Å². The standard InChI is InChI=1S/C12H17N3O/c1-10-3-4-11(16-10)9-13-6-5-12-14-7-8-15(12)2/h3-4,7-8,13H,5-6,9H2,1-2H3. The van der Waals surface area contributed by atoms with E-state index in [1.165, 1.54) is 0 Å². The molecule has 0 aliphatic heterocycles. The third-order valence-electron chi connectivity index (χ3n) is 2.54. The Morgan fingerprint density at radius 3 is 2.94 bits per heavy atom. The Morgan fingerprint density at radius 2 is 2.31 bits per heavy atom. The van der Waals surface area contributed by atoms with Gasteiger partial charge < -0.3 is 14.3 Å². The maximum absolute atomic E-state index is 5.46. The highest BCUT2D eigenvalue weighted by molar-refractivity contribution is 5.05. The quantitative estimate of drug-likeness (QED) is 0.778. The molecule has 0 spiro atoms. The SMILES string of the molecule is Cc1ccc(CNCCc2nccn2C)o1. The third kappa shape index (κ3) is 2.73. The first-order valence-corrected chi connectivity index (χ1v) is 5.48. The van der Waals surface area contributed by atoms with Gasteiger partial charge >= 0.3 is 0 Å². The Hall–Kier alpha value is -1.55. The van der Waals surface area contributed by atoms with Crippen molar-refractivity contribution in [3.63, 3.8) is 0 Å². The molecule has 0 atom stereocenters. The zero-order valence-corrected chi connectivity index (χ0v) is 9.73. The summed E-state index contributed by atoms with van der Waals surface area (Å²) in [7, 11) is 2.01. The van der Waals surface area contributed by atoms with Crippen molar-refractivity contribution < 1.29 is 4.42 Å². The van der Waals surface area contributed by atoms with Crippen molar-refractivity contribution in [2.24, 2.45) is 7.05 Å². The van der Waals surface area contributed by atoms with Gasteiger partial charge in [0.1, 0.15) is 17.3 Å². The highest BCUT2D eigenvalue weighted by Gasteiger charge is 2.00. The first-order chi connectivity index (χ1) is 7.75. The van der Waals surface area contributed by atoms with Crippen molar-refractivity contribution in [1.29, 1.82) is 0 Å². The number of aryl methyl sites for hydroxylation is 2. The summed E-state index contributed by atoms with van der Waals surface area (Å²) in [5, 5.41) is 3.33. The lowest BCUT2D eigenvalue weighted by molar-refractivity contribution is 0.462. The molecular weight excluding hydrogens is 202 g/mol. The van der Waals surface area contributed by atoms with E-state index in [4.69, 9.17) is 4.42 Å². The van der Waals surface area contributed by atoms with Crippen molar-refractivity contribution in [3.05, 3.63) is 41.9 Å². The summed E-state index contributed by atoms with van der Waals surface area (Å²) >= 11 is 0. The molecule has 0 aliphatic carbocycles. The number of hydrogen-bond donors (Lipinski definition) is 1. The summed E-state index contributed by atoms with van der Waals surface area (Å²) in [5.74, 6) is 3.04. The summed E-state index contributed by atoms with van der Waals surface area (Å²) in [6, 6.07) is 3.98. The molecule has 0 fully saturated rings. The molecule has 4 heteroatoms. The molecular formula is C12H17N3O. The Balaban J connectivity index is 1.71. The Morgan fingerprint density at radius 1 is 1.44 bits per heavy atom. The predicted molar refractivity (Wildman–Crippen MR) is 62.1 cm³/mol. The number of rotatable bonds is 5. The molecule has 16 heavy (non-hydrogen) atoms. The molecule has 0 aromatic carbocycles. The van der Waals surface area contributed by atoms with Crippen LogP contribution in [0.3, 0.4) is 0 Å². The molecule has 4 nitrogen and oxygen atoms in total. The Labute approximate surface area is 95.3 Å². The molecule has 0 aliphatic rings. The van der Waals surface area contributed by atoms with Gasteiger partial charge in [-0.25, -0.2) is 4.98 Å². The van der Waals surface area contributed by atoms with E-state index in [1.807, 2.05) is 43.1 Å². The second-order valence-corrected chi connectivity index (χ2v) is 3.89. The van der Waals surface area contributed by atoms with Gasteiger partial charge in [-0.2, -0.15) is 0 Å². The number of nitrogens with zero attached hydrogens (tertiary/aromatic N) is 2. The molecule has 2 heterocycles. The van der Waals surface area contributed by atoms with Crippen LogP contribution in [-0.4, -0.2) is 16.1 Å². The van der Waals surface area contributed by atoms with Crippen molar-refractivity contribution >= 4 is 0 Å². The molecule has 0 saturated carbocycles. The highest BCUT2D eigenvalue weighted by Crippen LogP contribution is 2.05. The van der Waals surface area contributed by atoms with Crippen LogP contribution in [0.4, 0.5) is 0 Å². The second kappa shape index (κ2) is 4.99. The topological polar surface area (TPSA) is 43.0 Å². The van der Waals surface area contributed by atoms with Gasteiger partial charge in [-0.3, -0.25) is 0 Å². The summed E-state index contributed by atoms with van der Waals surface area (Å²) < 4.78 is 7.50. The molecule has 86 valence electrons. The van der Waals surface area contributed by atoms with E-state index < -0.39 is 0 Å². The fourth-order valence-corrected chi connectivity index (χ4v) is 1.63. The van der Waals surface area contributed by atoms with E-state index in [1.54, 1.807) is 0 Å². The molecule has 0 amide bonds. The maximum Gasteiger partial charge on any atom is 0.117 e. The first-order valence-electron chi connectivity index (χ1n) is 5.48. The number of hydrogen-bond acceptors (Lipinski definition) is 3. The lowest BCUT2D eigenvalue weighted by atomic mass is 10.3. The van der Waals surface area contributed by atoms with E-state index in [0.717, 1.165) is 36.9 Å². The molecule has 0 bridgehead atoms. The van der Waals surface area contributed by atoms with Crippen LogP contribution < -0.4 is 5.32 Å². The normalized spacial score (nSPS) is 10.9. The summed E-state index contributed by atoms with van der Waals surface area (Å²) in [6.45, 7) is 3.64. The van der Waals surface area contributed by atoms with Crippen molar-refractivity contribution in [2.75, 3.05) is 6.54 Å². The van der Waals surface area contributed by atoms with E-state index in [-0.39, 0.29) is 0 Å². The number of imidazole rings is 1. The van der Waals surface area contributed by atoms with E-state index >= 15 is 0 Å². The molecule has 2 rings (SSSR count). The molecule has 0 unspecified atom stereocenters. The van der Waals surface area contributed by atoms with Gasteiger partial charge in [-0.05, 0) is 19.1 Å². The van der Waals surface area contributed by atoms with Crippen molar-refractivity contribution in [3.8, 4) is 0 Å². The van der Waals surface area contributed by atoms with Gasteiger partial charge in [0.15, 0.2) is 0 Å². The number of aromatic nitrogens is 2. The van der Waals surface area contributed by atoms with Crippen LogP contribution in [0.2, 0.25) is 0 Å². The lowest BCUT2D eigenvalue weighted by Crippen LogP contribution is -2.17. The fourth-order valence-electron chi connectivity index (χ4n) is 1.63. The van der Waals surface area contributed by atoms with Crippen LogP contribution in [0.25, 0.3) is 0 Å². The van der Waals surface area contributed by atoms with Gasteiger partial charge in [0.05, 0.1) is 6.54 Å². The van der Waals surface area contributed by atoms with E-state index in [2.05, 4.69) is 10.3 Å². The summed E-state index contributed by atoms with van der Waals surface area (Å²) in [5.41, 5.74) is 0. The largest absolute Gasteiger partial charge is 0.465 e. The van der Waals surface area contributed by atoms with Crippen LogP contribution in [0.5, 0.6) is 0 Å². The summed E-state index contributed by atoms with van der Waals surface area (Å²) in [4.78, 5) is 4.26. The average molecular weight is 219 g/mol. The van der Waals surface area contributed by atoms with Crippen LogP contribution in [0, 0.1) is 6.92 Å². The highest BCUT2D eigenvalue weighted by atomic mass is 16.3. The minimum absolute atomic E-state index is 0.776. The van der Waals surface area contributed by atoms with Gasteiger partial charge in [-0.15, -0.1) is 0 Å². The van der Waals surface area contributed by atoms with Crippen molar-refractivity contribution in [1.82, 2.24) is 14.9 Å². The molecule has 0 radical (unpaired) electrons. The average Bonchev–Trinajstić information content (AvgIpc) is 2.83. The molecule has 2 aromatic heterocycles. The monoisotopic (exact) mass is 219 g/mol. The zero-order valence-electron chi connectivity index (χ0n) is 9.73. The fraction of sp³-hybridized carbons (Fsp3) is 0.417. The zero-order chi connectivity index (χ0) is 11.4. The number of furan rings is 1. The van der Waals surface area contributed by atoms with Gasteiger partial charge in [0.2, 0.25) is 0 Å².